The van der Waals surface area contributed by atoms with E-state index < -0.39 is 0 Å². The summed E-state index contributed by atoms with van der Waals surface area (Å²) in [5, 5.41) is 6.03. The predicted octanol–water partition coefficient (Wildman–Crippen LogP) is 8.25. The Morgan fingerprint density at radius 2 is 1.67 bits per heavy atom. The number of anilines is 2. The molecule has 2 atom stereocenters. The fraction of sp³-hybridized carbons (Fsp3) is 0.267. The second kappa shape index (κ2) is 11.0. The molecule has 2 aromatic heterocycles. The summed E-state index contributed by atoms with van der Waals surface area (Å²) in [6.45, 7) is 4.35. The molecule has 6 rings (SSSR count). The van der Waals surface area contributed by atoms with Gasteiger partial charge >= 0.3 is 0 Å². The fourth-order valence-electron chi connectivity index (χ4n) is 5.62. The van der Waals surface area contributed by atoms with Crippen LogP contribution in [-0.2, 0) is 0 Å². The Morgan fingerprint density at radius 3 is 2.38 bits per heavy atom. The van der Waals surface area contributed by atoms with Crippen molar-refractivity contribution in [1.82, 2.24) is 14.9 Å². The average molecular weight is 597 g/mol. The smallest absolute Gasteiger partial charge is 0.174 e. The first-order valence-corrected chi connectivity index (χ1v) is 14.6. The van der Waals surface area contributed by atoms with E-state index in [1.165, 1.54) is 12.8 Å². The maximum absolute atomic E-state index is 6.93. The zero-order valence-electron chi connectivity index (χ0n) is 21.4. The van der Waals surface area contributed by atoms with Gasteiger partial charge in [-0.05, 0) is 91.6 Å². The highest BCUT2D eigenvalue weighted by molar-refractivity contribution is 7.80. The van der Waals surface area contributed by atoms with Crippen molar-refractivity contribution in [1.29, 1.82) is 0 Å². The number of hydrogen-bond acceptors (Lipinski definition) is 3. The lowest BCUT2D eigenvalue weighted by Gasteiger charge is -2.33. The molecule has 4 heterocycles. The first-order chi connectivity index (χ1) is 18.9. The monoisotopic (exact) mass is 595 g/mol. The molecule has 1 N–H and O–H groups in total. The first kappa shape index (κ1) is 26.5. The van der Waals surface area contributed by atoms with Crippen LogP contribution in [0, 0.1) is 5.92 Å². The second-order valence-corrected chi connectivity index (χ2v) is 11.8. The number of thiocarbonyl (C=S) groups is 1. The number of piperidine rings is 1. The quantitative estimate of drug-likeness (QED) is 0.235. The number of benzene rings is 2. The normalized spacial score (nSPS) is 19.9. The molecule has 4 aromatic rings. The van der Waals surface area contributed by atoms with Crippen molar-refractivity contribution in [3.05, 3.63) is 106 Å². The summed E-state index contributed by atoms with van der Waals surface area (Å²) >= 11 is 25.8. The summed E-state index contributed by atoms with van der Waals surface area (Å²) in [6.07, 6.45) is 6.17. The zero-order valence-corrected chi connectivity index (χ0v) is 24.5. The third kappa shape index (κ3) is 5.11. The minimum atomic E-state index is -0.216. The summed E-state index contributed by atoms with van der Waals surface area (Å²) in [5.41, 5.74) is 4.73. The van der Waals surface area contributed by atoms with Crippen LogP contribution in [0.3, 0.4) is 0 Å². The van der Waals surface area contributed by atoms with E-state index in [2.05, 4.69) is 49.8 Å². The van der Waals surface area contributed by atoms with E-state index in [1.54, 1.807) is 12.3 Å². The lowest BCUT2D eigenvalue weighted by molar-refractivity contribution is 0.438. The molecule has 0 bridgehead atoms. The number of nitrogens with zero attached hydrogens (tertiary/aromatic N) is 4. The first-order valence-electron chi connectivity index (χ1n) is 13.1. The molecular weight excluding hydrogens is 569 g/mol. The number of halogens is 3. The standard InChI is InChI=1S/C30H28Cl3N5S/c1-19-11-15-36(16-12-19)25-10-8-21(18-23(25)33)38-29(28(35-30(38)39)24-5-2-3-13-34-24)27-6-4-14-37(27)26-9-7-20(31)17-22(26)32/h2-10,13-14,17-19,28-29H,11-12,15-16H2,1H3,(H,35,39)/t28-,29+/m0/s1. The highest BCUT2D eigenvalue weighted by Gasteiger charge is 2.42. The zero-order chi connectivity index (χ0) is 27.1. The van der Waals surface area contributed by atoms with Crippen molar-refractivity contribution in [2.45, 2.75) is 31.8 Å². The summed E-state index contributed by atoms with van der Waals surface area (Å²) in [4.78, 5) is 9.20. The average Bonchev–Trinajstić information content (AvgIpc) is 3.54. The van der Waals surface area contributed by atoms with Crippen LogP contribution in [0.1, 0.15) is 43.2 Å². The topological polar surface area (TPSA) is 36.3 Å². The van der Waals surface area contributed by atoms with Gasteiger partial charge in [0.25, 0.3) is 0 Å². The molecule has 0 aliphatic carbocycles. The van der Waals surface area contributed by atoms with E-state index in [1.807, 2.05) is 48.7 Å². The molecule has 2 aromatic carbocycles. The number of nitrogens with one attached hydrogen (secondary N) is 1. The Labute approximate surface area is 249 Å². The summed E-state index contributed by atoms with van der Waals surface area (Å²) < 4.78 is 2.09. The van der Waals surface area contributed by atoms with Crippen LogP contribution >= 0.6 is 47.0 Å². The van der Waals surface area contributed by atoms with Gasteiger partial charge in [0.2, 0.25) is 0 Å². The van der Waals surface area contributed by atoms with E-state index in [-0.39, 0.29) is 12.1 Å². The Kier molecular flexibility index (Phi) is 7.47. The van der Waals surface area contributed by atoms with Crippen LogP contribution in [0.15, 0.2) is 79.1 Å². The minimum absolute atomic E-state index is 0.194. The molecule has 39 heavy (non-hydrogen) atoms. The van der Waals surface area contributed by atoms with Crippen molar-refractivity contribution >= 4 is 63.5 Å². The molecule has 0 spiro atoms. The molecule has 0 saturated carbocycles. The lowest BCUT2D eigenvalue weighted by Crippen LogP contribution is -2.33. The third-order valence-corrected chi connectivity index (χ3v) is 8.84. The Bertz CT molecular complexity index is 1500. The molecular formula is C30H28Cl3N5S. The highest BCUT2D eigenvalue weighted by Crippen LogP contribution is 2.44. The molecule has 9 heteroatoms. The van der Waals surface area contributed by atoms with Crippen molar-refractivity contribution in [3.8, 4) is 5.69 Å². The van der Waals surface area contributed by atoms with Crippen LogP contribution in [0.5, 0.6) is 0 Å². The minimum Gasteiger partial charge on any atom is -0.370 e. The highest BCUT2D eigenvalue weighted by atomic mass is 35.5. The molecule has 0 unspecified atom stereocenters. The van der Waals surface area contributed by atoms with Crippen molar-refractivity contribution in [2.75, 3.05) is 22.9 Å². The molecule has 5 nitrogen and oxygen atoms in total. The molecule has 0 amide bonds. The van der Waals surface area contributed by atoms with Crippen LogP contribution in [0.4, 0.5) is 11.4 Å². The summed E-state index contributed by atoms with van der Waals surface area (Å²) in [6, 6.07) is 21.4. The van der Waals surface area contributed by atoms with E-state index in [4.69, 9.17) is 47.0 Å². The van der Waals surface area contributed by atoms with Gasteiger partial charge in [0.1, 0.15) is 6.04 Å². The van der Waals surface area contributed by atoms with Crippen molar-refractivity contribution in [3.63, 3.8) is 0 Å². The van der Waals surface area contributed by atoms with Crippen molar-refractivity contribution in [2.24, 2.45) is 5.92 Å². The fourth-order valence-corrected chi connectivity index (χ4v) is 6.76. The van der Waals surface area contributed by atoms with Crippen LogP contribution < -0.4 is 15.1 Å². The van der Waals surface area contributed by atoms with Gasteiger partial charge in [0.05, 0.1) is 33.2 Å². The van der Waals surface area contributed by atoms with Gasteiger partial charge in [0.15, 0.2) is 5.11 Å². The van der Waals surface area contributed by atoms with Gasteiger partial charge in [0, 0.05) is 41.9 Å². The van der Waals surface area contributed by atoms with E-state index in [0.29, 0.717) is 15.2 Å². The predicted molar refractivity (Wildman–Crippen MR) is 166 cm³/mol. The van der Waals surface area contributed by atoms with Crippen LogP contribution in [0.2, 0.25) is 15.1 Å². The van der Waals surface area contributed by atoms with Gasteiger partial charge in [-0.15, -0.1) is 0 Å². The molecule has 2 fully saturated rings. The maximum Gasteiger partial charge on any atom is 0.174 e. The molecule has 2 aliphatic rings. The van der Waals surface area contributed by atoms with Crippen LogP contribution in [0.25, 0.3) is 5.69 Å². The van der Waals surface area contributed by atoms with E-state index in [0.717, 1.165) is 52.5 Å². The molecule has 2 aliphatic heterocycles. The van der Waals surface area contributed by atoms with Crippen LogP contribution in [-0.4, -0.2) is 27.8 Å². The van der Waals surface area contributed by atoms with Gasteiger partial charge in [-0.1, -0.05) is 47.8 Å². The van der Waals surface area contributed by atoms with E-state index in [9.17, 15) is 0 Å². The van der Waals surface area contributed by atoms with Gasteiger partial charge < -0.3 is 19.7 Å². The number of pyridine rings is 1. The van der Waals surface area contributed by atoms with Gasteiger partial charge in [-0.2, -0.15) is 0 Å². The van der Waals surface area contributed by atoms with Gasteiger partial charge in [-0.25, -0.2) is 0 Å². The largest absolute Gasteiger partial charge is 0.370 e. The summed E-state index contributed by atoms with van der Waals surface area (Å²) in [5.74, 6) is 0.752. The van der Waals surface area contributed by atoms with E-state index >= 15 is 0 Å². The number of rotatable bonds is 5. The Morgan fingerprint density at radius 1 is 0.897 bits per heavy atom. The third-order valence-electron chi connectivity index (χ3n) is 7.68. The SMILES string of the molecule is CC1CCN(c2ccc(N3C(=S)N[C@@H](c4ccccn4)[C@H]3c3cccn3-c3ccc(Cl)cc3Cl)cc2Cl)CC1. The van der Waals surface area contributed by atoms with Crippen molar-refractivity contribution < 1.29 is 0 Å². The lowest BCUT2D eigenvalue weighted by atomic mass is 9.98. The maximum atomic E-state index is 6.93. The summed E-state index contributed by atoms with van der Waals surface area (Å²) in [7, 11) is 0. The number of hydrogen-bond donors (Lipinski definition) is 1. The second-order valence-electron chi connectivity index (χ2n) is 10.2. The molecule has 2 saturated heterocycles. The Balaban J connectivity index is 1.43. The molecule has 0 radical (unpaired) electrons. The molecule has 200 valence electrons. The Hall–Kier alpha value is -2.77. The number of aromatic nitrogens is 2. The van der Waals surface area contributed by atoms with Gasteiger partial charge in [-0.3, -0.25) is 4.98 Å².